The van der Waals surface area contributed by atoms with Crippen LogP contribution in [-0.4, -0.2) is 52.8 Å². The van der Waals surface area contributed by atoms with Crippen LogP contribution in [0.2, 0.25) is 0 Å². The van der Waals surface area contributed by atoms with Gasteiger partial charge in [-0.3, -0.25) is 0 Å². The minimum atomic E-state index is -0.850. The summed E-state index contributed by atoms with van der Waals surface area (Å²) in [6.45, 7) is 10.8. The van der Waals surface area contributed by atoms with Crippen LogP contribution in [0.15, 0.2) is 0 Å². The second-order valence-corrected chi connectivity index (χ2v) is 7.24. The van der Waals surface area contributed by atoms with Gasteiger partial charge in [-0.25, -0.2) is 9.97 Å². The molecule has 1 atom stereocenters. The van der Waals surface area contributed by atoms with E-state index >= 15 is 0 Å². The predicted molar refractivity (Wildman–Crippen MR) is 87.5 cm³/mol. The van der Waals surface area contributed by atoms with E-state index in [0.717, 1.165) is 5.56 Å². The van der Waals surface area contributed by atoms with Crippen LogP contribution >= 0.6 is 0 Å². The molecule has 6 nitrogen and oxygen atoms in total. The van der Waals surface area contributed by atoms with Crippen LogP contribution in [-0.2, 0) is 5.41 Å². The fourth-order valence-electron chi connectivity index (χ4n) is 2.05. The average Bonchev–Trinajstić information content (AvgIpc) is 2.27. The Labute approximate surface area is 127 Å². The quantitative estimate of drug-likeness (QED) is 0.761. The maximum Gasteiger partial charge on any atom is 0.138 e. The van der Waals surface area contributed by atoms with E-state index in [-0.39, 0.29) is 5.41 Å². The third-order valence-electron chi connectivity index (χ3n) is 3.15. The molecule has 120 valence electrons. The van der Waals surface area contributed by atoms with Crippen molar-refractivity contribution in [1.82, 2.24) is 14.9 Å². The zero-order valence-corrected chi connectivity index (χ0v) is 14.3. The van der Waals surface area contributed by atoms with Crippen LogP contribution in [0.5, 0.6) is 0 Å². The summed E-state index contributed by atoms with van der Waals surface area (Å²) in [5, 5.41) is 13.6. The number of hydrogen-bond acceptors (Lipinski definition) is 6. The van der Waals surface area contributed by atoms with Gasteiger partial charge in [-0.1, -0.05) is 20.8 Å². The van der Waals surface area contributed by atoms with E-state index in [1.54, 1.807) is 6.92 Å². The Hall–Kier alpha value is -1.40. The smallest absolute Gasteiger partial charge is 0.138 e. The van der Waals surface area contributed by atoms with Crippen molar-refractivity contribution in [1.29, 1.82) is 0 Å². The number of nitrogens with zero attached hydrogens (tertiary/aromatic N) is 3. The number of aromatic nitrogens is 2. The Morgan fingerprint density at radius 3 is 2.24 bits per heavy atom. The Bertz CT molecular complexity index is 492. The summed E-state index contributed by atoms with van der Waals surface area (Å²) in [6.07, 6.45) is 0. The SMILES string of the molecule is Cc1c(N)nc(C(C)(C)C)nc1NCC(C)(O)CN(C)C. The van der Waals surface area contributed by atoms with Crippen LogP contribution in [0.25, 0.3) is 0 Å². The van der Waals surface area contributed by atoms with Gasteiger partial charge in [-0.15, -0.1) is 0 Å². The summed E-state index contributed by atoms with van der Waals surface area (Å²) < 4.78 is 0. The van der Waals surface area contributed by atoms with Gasteiger partial charge >= 0.3 is 0 Å². The molecule has 0 amide bonds. The fourth-order valence-corrected chi connectivity index (χ4v) is 2.05. The first-order chi connectivity index (χ1) is 9.42. The largest absolute Gasteiger partial charge is 0.387 e. The van der Waals surface area contributed by atoms with E-state index in [2.05, 4.69) is 15.3 Å². The summed E-state index contributed by atoms with van der Waals surface area (Å²) >= 11 is 0. The molecule has 1 aromatic heterocycles. The second kappa shape index (κ2) is 6.15. The molecule has 0 saturated heterocycles. The zero-order chi connectivity index (χ0) is 16.4. The number of hydrogen-bond donors (Lipinski definition) is 3. The first-order valence-electron chi connectivity index (χ1n) is 7.18. The minimum Gasteiger partial charge on any atom is -0.387 e. The van der Waals surface area contributed by atoms with Crippen LogP contribution < -0.4 is 11.1 Å². The molecule has 1 aromatic rings. The molecule has 0 spiro atoms. The lowest BCUT2D eigenvalue weighted by Gasteiger charge is -2.28. The predicted octanol–water partition coefficient (Wildman–Crippen LogP) is 1.39. The van der Waals surface area contributed by atoms with Crippen molar-refractivity contribution in [2.75, 3.05) is 38.2 Å². The van der Waals surface area contributed by atoms with Crippen LogP contribution in [0.4, 0.5) is 11.6 Å². The normalized spacial score (nSPS) is 15.1. The summed E-state index contributed by atoms with van der Waals surface area (Å²) in [7, 11) is 3.86. The van der Waals surface area contributed by atoms with Gasteiger partial charge in [0.15, 0.2) is 0 Å². The maximum atomic E-state index is 10.4. The lowest BCUT2D eigenvalue weighted by atomic mass is 9.95. The lowest BCUT2D eigenvalue weighted by molar-refractivity contribution is 0.0459. The van der Waals surface area contributed by atoms with Crippen molar-refractivity contribution < 1.29 is 5.11 Å². The van der Waals surface area contributed by atoms with Gasteiger partial charge in [0.05, 0.1) is 5.60 Å². The Morgan fingerprint density at radius 2 is 1.76 bits per heavy atom. The number of nitrogen functional groups attached to an aromatic ring is 1. The van der Waals surface area contributed by atoms with E-state index in [1.807, 2.05) is 46.7 Å². The van der Waals surface area contributed by atoms with Crippen LogP contribution in [0.1, 0.15) is 39.1 Å². The molecular formula is C15H29N5O. The van der Waals surface area contributed by atoms with E-state index in [0.29, 0.717) is 30.5 Å². The summed E-state index contributed by atoms with van der Waals surface area (Å²) in [5.41, 5.74) is 5.76. The number of aliphatic hydroxyl groups is 1. The second-order valence-electron chi connectivity index (χ2n) is 7.24. The zero-order valence-electron chi connectivity index (χ0n) is 14.3. The number of rotatable bonds is 5. The van der Waals surface area contributed by atoms with Gasteiger partial charge in [0.25, 0.3) is 0 Å². The molecule has 0 aromatic carbocycles. The molecule has 0 aliphatic heterocycles. The molecule has 6 heteroatoms. The maximum absolute atomic E-state index is 10.4. The van der Waals surface area contributed by atoms with Crippen molar-refractivity contribution in [3.05, 3.63) is 11.4 Å². The van der Waals surface area contributed by atoms with Crippen molar-refractivity contribution in [2.24, 2.45) is 0 Å². The van der Waals surface area contributed by atoms with E-state index in [4.69, 9.17) is 5.73 Å². The topological polar surface area (TPSA) is 87.3 Å². The Balaban J connectivity index is 2.96. The number of anilines is 2. The number of likely N-dealkylation sites (N-methyl/N-ethyl adjacent to an activating group) is 1. The average molecular weight is 295 g/mol. The highest BCUT2D eigenvalue weighted by atomic mass is 16.3. The molecule has 4 N–H and O–H groups in total. The first kappa shape index (κ1) is 17.7. The molecule has 1 unspecified atom stereocenters. The highest BCUT2D eigenvalue weighted by Gasteiger charge is 2.24. The molecule has 0 saturated carbocycles. The fraction of sp³-hybridized carbons (Fsp3) is 0.733. The van der Waals surface area contributed by atoms with Crippen LogP contribution in [0.3, 0.4) is 0 Å². The monoisotopic (exact) mass is 295 g/mol. The van der Waals surface area contributed by atoms with Gasteiger partial charge in [0.2, 0.25) is 0 Å². The van der Waals surface area contributed by atoms with E-state index < -0.39 is 5.60 Å². The van der Waals surface area contributed by atoms with E-state index in [9.17, 15) is 5.11 Å². The molecule has 1 heterocycles. The van der Waals surface area contributed by atoms with Gasteiger partial charge < -0.3 is 21.1 Å². The standard InChI is InChI=1S/C15H29N5O/c1-10-11(16)18-13(14(2,3)4)19-12(10)17-8-15(5,21)9-20(6)7/h21H,8-9H2,1-7H3,(H3,16,17,18,19). The highest BCUT2D eigenvalue weighted by Crippen LogP contribution is 2.25. The molecule has 0 bridgehead atoms. The molecular weight excluding hydrogens is 266 g/mol. The van der Waals surface area contributed by atoms with Gasteiger partial charge in [-0.2, -0.15) is 0 Å². The van der Waals surface area contributed by atoms with Crippen molar-refractivity contribution in [2.45, 2.75) is 45.6 Å². The van der Waals surface area contributed by atoms with Gasteiger partial charge in [-0.05, 0) is 27.9 Å². The molecule has 0 aliphatic carbocycles. The van der Waals surface area contributed by atoms with Crippen molar-refractivity contribution in [3.63, 3.8) is 0 Å². The lowest BCUT2D eigenvalue weighted by Crippen LogP contribution is -2.43. The van der Waals surface area contributed by atoms with Crippen molar-refractivity contribution in [3.8, 4) is 0 Å². The van der Waals surface area contributed by atoms with Crippen LogP contribution in [0, 0.1) is 6.92 Å². The Kier molecular flexibility index (Phi) is 5.17. The molecule has 0 fully saturated rings. The van der Waals surface area contributed by atoms with Gasteiger partial charge in [0.1, 0.15) is 17.5 Å². The minimum absolute atomic E-state index is 0.176. The van der Waals surface area contributed by atoms with Gasteiger partial charge in [0, 0.05) is 24.1 Å². The summed E-state index contributed by atoms with van der Waals surface area (Å²) in [4.78, 5) is 10.9. The Morgan fingerprint density at radius 1 is 1.19 bits per heavy atom. The van der Waals surface area contributed by atoms with E-state index in [1.165, 1.54) is 0 Å². The molecule has 21 heavy (non-hydrogen) atoms. The highest BCUT2D eigenvalue weighted by molar-refractivity contribution is 5.55. The third kappa shape index (κ3) is 5.13. The summed E-state index contributed by atoms with van der Waals surface area (Å²) in [5.74, 6) is 1.86. The number of nitrogens with one attached hydrogen (secondary N) is 1. The summed E-state index contributed by atoms with van der Waals surface area (Å²) in [6, 6.07) is 0. The molecule has 0 aliphatic rings. The first-order valence-corrected chi connectivity index (χ1v) is 7.18. The van der Waals surface area contributed by atoms with Crippen molar-refractivity contribution >= 4 is 11.6 Å². The number of nitrogens with two attached hydrogens (primary N) is 1. The molecule has 0 radical (unpaired) electrons. The third-order valence-corrected chi connectivity index (χ3v) is 3.15. The molecule has 1 rings (SSSR count).